The summed E-state index contributed by atoms with van der Waals surface area (Å²) >= 11 is 6.38. The van der Waals surface area contributed by atoms with Gasteiger partial charge in [-0.3, -0.25) is 4.68 Å². The van der Waals surface area contributed by atoms with Gasteiger partial charge in [-0.15, -0.1) is 0 Å². The fourth-order valence-electron chi connectivity index (χ4n) is 2.42. The molecule has 0 aliphatic heterocycles. The molecule has 0 fully saturated rings. The number of ether oxygens (including phenoxy) is 1. The van der Waals surface area contributed by atoms with Crippen LogP contribution in [0.4, 0.5) is 16.4 Å². The Labute approximate surface area is 173 Å². The van der Waals surface area contributed by atoms with Crippen LogP contribution in [-0.2, 0) is 18.3 Å². The van der Waals surface area contributed by atoms with Crippen molar-refractivity contribution in [3.63, 3.8) is 0 Å². The van der Waals surface area contributed by atoms with E-state index in [1.165, 1.54) is 6.33 Å². The molecule has 1 aromatic carbocycles. The SMILES string of the molecule is Cn1cc(Nc2ncnc(-c3ccc(CNC(=O)OC(C)(C)C)c(Cl)c3)n2)cn1. The van der Waals surface area contributed by atoms with Gasteiger partial charge in [0.15, 0.2) is 5.82 Å². The molecule has 0 aliphatic carbocycles. The van der Waals surface area contributed by atoms with E-state index in [0.29, 0.717) is 16.8 Å². The standard InChI is InChI=1S/C19H22ClN7O2/c1-19(2,3)29-18(28)21-8-13-6-5-12(7-15(13)20)16-22-11-23-17(26-16)25-14-9-24-27(4)10-14/h5-7,9-11H,8H2,1-4H3,(H,21,28)(H,22,23,25,26). The van der Waals surface area contributed by atoms with Gasteiger partial charge in [0.2, 0.25) is 5.95 Å². The molecule has 9 nitrogen and oxygen atoms in total. The Hall–Kier alpha value is -3.20. The van der Waals surface area contributed by atoms with Crippen LogP contribution in [0, 0.1) is 0 Å². The van der Waals surface area contributed by atoms with Crippen molar-refractivity contribution >= 4 is 29.3 Å². The molecule has 2 heterocycles. The lowest BCUT2D eigenvalue weighted by atomic mass is 10.1. The molecule has 0 aliphatic rings. The van der Waals surface area contributed by atoms with E-state index < -0.39 is 11.7 Å². The molecule has 0 unspecified atom stereocenters. The summed E-state index contributed by atoms with van der Waals surface area (Å²) in [6.07, 6.45) is 4.41. The third-order valence-electron chi connectivity index (χ3n) is 3.67. The number of aromatic nitrogens is 5. The van der Waals surface area contributed by atoms with E-state index in [4.69, 9.17) is 16.3 Å². The van der Waals surface area contributed by atoms with Crippen LogP contribution in [0.3, 0.4) is 0 Å². The predicted molar refractivity (Wildman–Crippen MR) is 110 cm³/mol. The average Bonchev–Trinajstić information content (AvgIpc) is 3.04. The average molecular weight is 416 g/mol. The molecular formula is C19H22ClN7O2. The number of benzene rings is 1. The van der Waals surface area contributed by atoms with Gasteiger partial charge in [0.25, 0.3) is 0 Å². The molecule has 1 amide bonds. The highest BCUT2D eigenvalue weighted by atomic mass is 35.5. The van der Waals surface area contributed by atoms with Crippen LogP contribution < -0.4 is 10.6 Å². The number of carbonyl (C=O) groups excluding carboxylic acids is 1. The second kappa shape index (κ2) is 8.44. The second-order valence-electron chi connectivity index (χ2n) is 7.32. The lowest BCUT2D eigenvalue weighted by molar-refractivity contribution is 0.0523. The van der Waals surface area contributed by atoms with E-state index in [0.717, 1.165) is 16.8 Å². The number of nitrogens with zero attached hydrogens (tertiary/aromatic N) is 5. The molecule has 0 radical (unpaired) electrons. The summed E-state index contributed by atoms with van der Waals surface area (Å²) in [5.74, 6) is 0.870. The fraction of sp³-hybridized carbons (Fsp3) is 0.316. The fourth-order valence-corrected chi connectivity index (χ4v) is 2.67. The predicted octanol–water partition coefficient (Wildman–Crippen LogP) is 3.69. The lowest BCUT2D eigenvalue weighted by Gasteiger charge is -2.19. The lowest BCUT2D eigenvalue weighted by Crippen LogP contribution is -2.32. The first-order valence-electron chi connectivity index (χ1n) is 8.90. The summed E-state index contributed by atoms with van der Waals surface area (Å²) in [7, 11) is 1.82. The highest BCUT2D eigenvalue weighted by Gasteiger charge is 2.16. The van der Waals surface area contributed by atoms with E-state index in [1.807, 2.05) is 25.4 Å². The number of nitrogens with one attached hydrogen (secondary N) is 2. The summed E-state index contributed by atoms with van der Waals surface area (Å²) in [6.45, 7) is 5.67. The van der Waals surface area contributed by atoms with Crippen LogP contribution in [-0.4, -0.2) is 36.4 Å². The molecule has 0 saturated heterocycles. The van der Waals surface area contributed by atoms with Crippen LogP contribution in [0.15, 0.2) is 36.9 Å². The van der Waals surface area contributed by atoms with Gasteiger partial charge in [-0.05, 0) is 32.4 Å². The third kappa shape index (κ3) is 5.89. The molecule has 10 heteroatoms. The maximum absolute atomic E-state index is 11.8. The van der Waals surface area contributed by atoms with E-state index >= 15 is 0 Å². The summed E-state index contributed by atoms with van der Waals surface area (Å²) in [6, 6.07) is 5.39. The number of amides is 1. The van der Waals surface area contributed by atoms with Crippen molar-refractivity contribution in [2.45, 2.75) is 32.9 Å². The number of hydrogen-bond donors (Lipinski definition) is 2. The topological polar surface area (TPSA) is 107 Å². The number of hydrogen-bond acceptors (Lipinski definition) is 7. The van der Waals surface area contributed by atoms with Crippen molar-refractivity contribution in [2.24, 2.45) is 7.05 Å². The van der Waals surface area contributed by atoms with E-state index in [2.05, 4.69) is 30.7 Å². The van der Waals surface area contributed by atoms with Crippen LogP contribution in [0.2, 0.25) is 5.02 Å². The van der Waals surface area contributed by atoms with Crippen LogP contribution in [0.1, 0.15) is 26.3 Å². The molecule has 0 bridgehead atoms. The van der Waals surface area contributed by atoms with Crippen molar-refractivity contribution in [1.29, 1.82) is 0 Å². The molecule has 2 aromatic heterocycles. The van der Waals surface area contributed by atoms with Crippen molar-refractivity contribution < 1.29 is 9.53 Å². The third-order valence-corrected chi connectivity index (χ3v) is 4.02. The zero-order valence-corrected chi connectivity index (χ0v) is 17.4. The molecule has 3 aromatic rings. The van der Waals surface area contributed by atoms with Gasteiger partial charge in [0.05, 0.1) is 11.9 Å². The Balaban J connectivity index is 1.69. The zero-order valence-electron chi connectivity index (χ0n) is 16.6. The number of rotatable bonds is 5. The Morgan fingerprint density at radius 3 is 2.72 bits per heavy atom. The molecule has 0 atom stereocenters. The first-order valence-corrected chi connectivity index (χ1v) is 9.28. The normalized spacial score (nSPS) is 11.2. The van der Waals surface area contributed by atoms with Crippen LogP contribution in [0.25, 0.3) is 11.4 Å². The van der Waals surface area contributed by atoms with Crippen molar-refractivity contribution in [1.82, 2.24) is 30.0 Å². The Kier molecular flexibility index (Phi) is 5.97. The van der Waals surface area contributed by atoms with Gasteiger partial charge in [-0.25, -0.2) is 14.8 Å². The maximum Gasteiger partial charge on any atom is 0.407 e. The van der Waals surface area contributed by atoms with Crippen LogP contribution in [0.5, 0.6) is 0 Å². The second-order valence-corrected chi connectivity index (χ2v) is 7.73. The minimum Gasteiger partial charge on any atom is -0.444 e. The zero-order chi connectivity index (χ0) is 21.0. The maximum atomic E-state index is 11.8. The van der Waals surface area contributed by atoms with Gasteiger partial charge in [-0.1, -0.05) is 23.7 Å². The summed E-state index contributed by atoms with van der Waals surface area (Å²) in [5.41, 5.74) is 1.70. The highest BCUT2D eigenvalue weighted by molar-refractivity contribution is 6.31. The summed E-state index contributed by atoms with van der Waals surface area (Å²) in [5, 5.41) is 10.3. The van der Waals surface area contributed by atoms with Crippen molar-refractivity contribution in [3.8, 4) is 11.4 Å². The van der Waals surface area contributed by atoms with Gasteiger partial charge in [-0.2, -0.15) is 10.1 Å². The molecule has 152 valence electrons. The summed E-state index contributed by atoms with van der Waals surface area (Å²) < 4.78 is 6.90. The molecular weight excluding hydrogens is 394 g/mol. The van der Waals surface area contributed by atoms with Gasteiger partial charge < -0.3 is 15.4 Å². The van der Waals surface area contributed by atoms with E-state index in [9.17, 15) is 4.79 Å². The highest BCUT2D eigenvalue weighted by Crippen LogP contribution is 2.24. The van der Waals surface area contributed by atoms with Gasteiger partial charge >= 0.3 is 6.09 Å². The molecule has 2 N–H and O–H groups in total. The Morgan fingerprint density at radius 1 is 1.28 bits per heavy atom. The minimum absolute atomic E-state index is 0.249. The molecule has 29 heavy (non-hydrogen) atoms. The van der Waals surface area contributed by atoms with E-state index in [1.54, 1.807) is 37.7 Å². The Morgan fingerprint density at radius 2 is 2.07 bits per heavy atom. The number of aryl methyl sites for hydroxylation is 1. The van der Waals surface area contributed by atoms with Gasteiger partial charge in [0, 0.05) is 30.4 Å². The van der Waals surface area contributed by atoms with E-state index in [-0.39, 0.29) is 6.54 Å². The number of carbonyl (C=O) groups is 1. The molecule has 0 saturated carbocycles. The van der Waals surface area contributed by atoms with Crippen molar-refractivity contribution in [3.05, 3.63) is 47.5 Å². The first-order chi connectivity index (χ1) is 13.7. The van der Waals surface area contributed by atoms with Gasteiger partial charge in [0.1, 0.15) is 11.9 Å². The minimum atomic E-state index is -0.558. The number of anilines is 2. The number of halogens is 1. The smallest absolute Gasteiger partial charge is 0.407 e. The quantitative estimate of drug-likeness (QED) is 0.654. The molecule has 0 spiro atoms. The van der Waals surface area contributed by atoms with Crippen molar-refractivity contribution in [2.75, 3.05) is 5.32 Å². The van der Waals surface area contributed by atoms with Crippen LogP contribution >= 0.6 is 11.6 Å². The number of alkyl carbamates (subject to hydrolysis) is 1. The summed E-state index contributed by atoms with van der Waals surface area (Å²) in [4.78, 5) is 24.6. The first kappa shape index (κ1) is 20.5. The molecule has 3 rings (SSSR count). The monoisotopic (exact) mass is 415 g/mol. The largest absolute Gasteiger partial charge is 0.444 e. The Bertz CT molecular complexity index is 1010.